The SMILES string of the molecule is CC(C)c1ccccc1NC(=O)C1CC(=O)N(c2ccc(N3CCCC3)cc2)C1. The van der Waals surface area contributed by atoms with Crippen molar-refractivity contribution in [2.45, 2.75) is 39.0 Å². The van der Waals surface area contributed by atoms with Gasteiger partial charge in [0.15, 0.2) is 0 Å². The maximum absolute atomic E-state index is 12.8. The van der Waals surface area contributed by atoms with Crippen molar-refractivity contribution < 1.29 is 9.59 Å². The lowest BCUT2D eigenvalue weighted by atomic mass is 10.0. The molecule has 4 rings (SSSR count). The molecule has 2 aliphatic heterocycles. The quantitative estimate of drug-likeness (QED) is 0.822. The Morgan fingerprint density at radius 2 is 1.66 bits per heavy atom. The van der Waals surface area contributed by atoms with Crippen LogP contribution in [0.1, 0.15) is 44.6 Å². The summed E-state index contributed by atoms with van der Waals surface area (Å²) in [5.74, 6) is -0.0813. The van der Waals surface area contributed by atoms with E-state index in [9.17, 15) is 9.59 Å². The molecule has 5 heteroatoms. The highest BCUT2D eigenvalue weighted by molar-refractivity contribution is 6.03. The summed E-state index contributed by atoms with van der Waals surface area (Å²) in [6.07, 6.45) is 2.73. The lowest BCUT2D eigenvalue weighted by molar-refractivity contribution is -0.122. The second-order valence-electron chi connectivity index (χ2n) is 8.35. The molecular formula is C24H29N3O2. The van der Waals surface area contributed by atoms with E-state index in [0.29, 0.717) is 12.5 Å². The minimum Gasteiger partial charge on any atom is -0.372 e. The first-order valence-electron chi connectivity index (χ1n) is 10.6. The number of benzene rings is 2. The molecule has 0 bridgehead atoms. The van der Waals surface area contributed by atoms with E-state index in [1.54, 1.807) is 4.90 Å². The predicted molar refractivity (Wildman–Crippen MR) is 118 cm³/mol. The van der Waals surface area contributed by atoms with E-state index in [2.05, 4.69) is 36.2 Å². The molecule has 1 atom stereocenters. The smallest absolute Gasteiger partial charge is 0.229 e. The number of carbonyl (C=O) groups excluding carboxylic acids is 2. The van der Waals surface area contributed by atoms with E-state index in [-0.39, 0.29) is 24.2 Å². The number of anilines is 3. The van der Waals surface area contributed by atoms with Gasteiger partial charge in [0.2, 0.25) is 11.8 Å². The predicted octanol–water partition coefficient (Wildman–Crippen LogP) is 4.40. The van der Waals surface area contributed by atoms with Crippen LogP contribution in [-0.4, -0.2) is 31.4 Å². The molecule has 2 heterocycles. The molecule has 2 saturated heterocycles. The summed E-state index contributed by atoms with van der Waals surface area (Å²) in [5, 5.41) is 3.05. The number of hydrogen-bond acceptors (Lipinski definition) is 3. The molecular weight excluding hydrogens is 362 g/mol. The molecule has 2 amide bonds. The highest BCUT2D eigenvalue weighted by Crippen LogP contribution is 2.30. The highest BCUT2D eigenvalue weighted by Gasteiger charge is 2.35. The number of nitrogens with one attached hydrogen (secondary N) is 1. The average Bonchev–Trinajstić information content (AvgIpc) is 3.38. The first kappa shape index (κ1) is 19.5. The van der Waals surface area contributed by atoms with E-state index < -0.39 is 0 Å². The molecule has 1 N–H and O–H groups in total. The van der Waals surface area contributed by atoms with Crippen molar-refractivity contribution in [3.05, 3.63) is 54.1 Å². The minimum atomic E-state index is -0.332. The van der Waals surface area contributed by atoms with Crippen LogP contribution in [0.4, 0.5) is 17.1 Å². The van der Waals surface area contributed by atoms with Crippen LogP contribution >= 0.6 is 0 Å². The fourth-order valence-electron chi connectivity index (χ4n) is 4.30. The van der Waals surface area contributed by atoms with E-state index >= 15 is 0 Å². The molecule has 2 aromatic carbocycles. The fraction of sp³-hybridized carbons (Fsp3) is 0.417. The highest BCUT2D eigenvalue weighted by atomic mass is 16.2. The maximum atomic E-state index is 12.8. The van der Waals surface area contributed by atoms with Gasteiger partial charge in [-0.05, 0) is 54.7 Å². The van der Waals surface area contributed by atoms with Gasteiger partial charge in [-0.2, -0.15) is 0 Å². The largest absolute Gasteiger partial charge is 0.372 e. The second-order valence-corrected chi connectivity index (χ2v) is 8.35. The van der Waals surface area contributed by atoms with Gasteiger partial charge in [-0.3, -0.25) is 9.59 Å². The molecule has 2 aliphatic rings. The zero-order valence-electron chi connectivity index (χ0n) is 17.2. The summed E-state index contributed by atoms with van der Waals surface area (Å²) < 4.78 is 0. The third-order valence-electron chi connectivity index (χ3n) is 5.97. The monoisotopic (exact) mass is 391 g/mol. The van der Waals surface area contributed by atoms with Gasteiger partial charge >= 0.3 is 0 Å². The molecule has 0 saturated carbocycles. The van der Waals surface area contributed by atoms with Gasteiger partial charge in [0, 0.05) is 43.1 Å². The Labute approximate surface area is 172 Å². The van der Waals surface area contributed by atoms with Gasteiger partial charge in [-0.25, -0.2) is 0 Å². The van der Waals surface area contributed by atoms with Gasteiger partial charge < -0.3 is 15.1 Å². The lowest BCUT2D eigenvalue weighted by Crippen LogP contribution is -2.28. The first-order chi connectivity index (χ1) is 14.0. The Bertz CT molecular complexity index is 885. The normalized spacial score (nSPS) is 19.3. The molecule has 152 valence electrons. The third kappa shape index (κ3) is 4.14. The Morgan fingerprint density at radius 3 is 2.34 bits per heavy atom. The second kappa shape index (κ2) is 8.27. The molecule has 0 radical (unpaired) electrons. The van der Waals surface area contributed by atoms with Crippen molar-refractivity contribution in [2.75, 3.05) is 34.8 Å². The van der Waals surface area contributed by atoms with Crippen LogP contribution in [0, 0.1) is 5.92 Å². The molecule has 2 fully saturated rings. The van der Waals surface area contributed by atoms with E-state index in [4.69, 9.17) is 0 Å². The molecule has 29 heavy (non-hydrogen) atoms. The molecule has 0 aromatic heterocycles. The summed E-state index contributed by atoms with van der Waals surface area (Å²) >= 11 is 0. The van der Waals surface area contributed by atoms with Gasteiger partial charge in [0.25, 0.3) is 0 Å². The van der Waals surface area contributed by atoms with Crippen LogP contribution in [0.3, 0.4) is 0 Å². The standard InChI is InChI=1S/C24H29N3O2/c1-17(2)21-7-3-4-8-22(21)25-24(29)18-15-23(28)27(16-18)20-11-9-19(10-12-20)26-13-5-6-14-26/h3-4,7-12,17-18H,5-6,13-16H2,1-2H3,(H,25,29). The summed E-state index contributed by atoms with van der Waals surface area (Å²) in [5.41, 5.74) is 4.03. The van der Waals surface area contributed by atoms with Crippen molar-refractivity contribution in [2.24, 2.45) is 5.92 Å². The summed E-state index contributed by atoms with van der Waals surface area (Å²) in [6, 6.07) is 16.0. The van der Waals surface area contributed by atoms with Crippen molar-refractivity contribution in [3.63, 3.8) is 0 Å². The van der Waals surface area contributed by atoms with Crippen LogP contribution in [0.2, 0.25) is 0 Å². The fourth-order valence-corrected chi connectivity index (χ4v) is 4.30. The van der Waals surface area contributed by atoms with E-state index in [1.807, 2.05) is 36.4 Å². The summed E-state index contributed by atoms with van der Waals surface area (Å²) in [6.45, 7) is 6.84. The topological polar surface area (TPSA) is 52.7 Å². The molecule has 5 nitrogen and oxygen atoms in total. The Kier molecular flexibility index (Phi) is 5.56. The summed E-state index contributed by atoms with van der Waals surface area (Å²) in [7, 11) is 0. The Balaban J connectivity index is 1.43. The van der Waals surface area contributed by atoms with Crippen molar-refractivity contribution >= 4 is 28.9 Å². The molecule has 1 unspecified atom stereocenters. The van der Waals surface area contributed by atoms with E-state index in [0.717, 1.165) is 30.0 Å². The zero-order valence-corrected chi connectivity index (χ0v) is 17.2. The molecule has 0 spiro atoms. The Morgan fingerprint density at radius 1 is 1.00 bits per heavy atom. The van der Waals surface area contributed by atoms with E-state index in [1.165, 1.54) is 18.5 Å². The molecule has 2 aromatic rings. The maximum Gasteiger partial charge on any atom is 0.229 e. The summed E-state index contributed by atoms with van der Waals surface area (Å²) in [4.78, 5) is 29.6. The van der Waals surface area contributed by atoms with Gasteiger partial charge in [-0.15, -0.1) is 0 Å². The van der Waals surface area contributed by atoms with Crippen LogP contribution in [0.5, 0.6) is 0 Å². The number of nitrogens with zero attached hydrogens (tertiary/aromatic N) is 2. The number of para-hydroxylation sites is 1. The number of carbonyl (C=O) groups is 2. The number of hydrogen-bond donors (Lipinski definition) is 1. The van der Waals surface area contributed by atoms with Gasteiger partial charge in [0.1, 0.15) is 0 Å². The average molecular weight is 392 g/mol. The van der Waals surface area contributed by atoms with Gasteiger partial charge in [-0.1, -0.05) is 32.0 Å². The van der Waals surface area contributed by atoms with Crippen molar-refractivity contribution in [3.8, 4) is 0 Å². The molecule has 0 aliphatic carbocycles. The van der Waals surface area contributed by atoms with Crippen LogP contribution in [-0.2, 0) is 9.59 Å². The zero-order chi connectivity index (χ0) is 20.4. The lowest BCUT2D eigenvalue weighted by Gasteiger charge is -2.21. The van der Waals surface area contributed by atoms with Gasteiger partial charge in [0.05, 0.1) is 5.92 Å². The minimum absolute atomic E-state index is 0.0104. The number of amides is 2. The van der Waals surface area contributed by atoms with Crippen LogP contribution in [0.25, 0.3) is 0 Å². The number of rotatable bonds is 5. The Hall–Kier alpha value is -2.82. The first-order valence-corrected chi connectivity index (χ1v) is 10.6. The third-order valence-corrected chi connectivity index (χ3v) is 5.97. The van der Waals surface area contributed by atoms with Crippen LogP contribution < -0.4 is 15.1 Å². The van der Waals surface area contributed by atoms with Crippen LogP contribution in [0.15, 0.2) is 48.5 Å². The van der Waals surface area contributed by atoms with Crippen molar-refractivity contribution in [1.29, 1.82) is 0 Å². The van der Waals surface area contributed by atoms with Crippen molar-refractivity contribution in [1.82, 2.24) is 0 Å².